The molecule has 1 unspecified atom stereocenters. The Morgan fingerprint density at radius 1 is 1.33 bits per heavy atom. The quantitative estimate of drug-likeness (QED) is 0.692. The van der Waals surface area contributed by atoms with Gasteiger partial charge in [-0.2, -0.15) is 0 Å². The highest BCUT2D eigenvalue weighted by atomic mass is 35.5. The van der Waals surface area contributed by atoms with Gasteiger partial charge in [-0.1, -0.05) is 32.0 Å². The van der Waals surface area contributed by atoms with Crippen molar-refractivity contribution in [2.24, 2.45) is 5.92 Å². The molecule has 0 bridgehead atoms. The lowest BCUT2D eigenvalue weighted by Gasteiger charge is -2.23. The first-order valence-electron chi connectivity index (χ1n) is 5.59. The minimum Gasteiger partial charge on any atom is -0.493 e. The SMILES string of the molecule is CC(C)C(Cl)c1cccc2c1OCCC2. The van der Waals surface area contributed by atoms with E-state index < -0.39 is 0 Å². The highest BCUT2D eigenvalue weighted by Crippen LogP contribution is 2.38. The molecular formula is C13H17ClO. The summed E-state index contributed by atoms with van der Waals surface area (Å²) in [6.07, 6.45) is 2.23. The van der Waals surface area contributed by atoms with Crippen molar-refractivity contribution in [2.45, 2.75) is 32.1 Å². The molecule has 2 heteroatoms. The van der Waals surface area contributed by atoms with E-state index in [4.69, 9.17) is 16.3 Å². The molecule has 0 fully saturated rings. The fourth-order valence-electron chi connectivity index (χ4n) is 1.99. The predicted octanol–water partition coefficient (Wildman–Crippen LogP) is 3.95. The average molecular weight is 225 g/mol. The molecule has 1 nitrogen and oxygen atoms in total. The third-order valence-electron chi connectivity index (χ3n) is 2.85. The van der Waals surface area contributed by atoms with E-state index in [0.717, 1.165) is 30.8 Å². The third-order valence-corrected chi connectivity index (χ3v) is 3.59. The Morgan fingerprint density at radius 2 is 2.13 bits per heavy atom. The van der Waals surface area contributed by atoms with Gasteiger partial charge in [0.1, 0.15) is 5.75 Å². The molecule has 0 amide bonds. The molecule has 1 heterocycles. The minimum atomic E-state index is 0.0538. The van der Waals surface area contributed by atoms with Gasteiger partial charge in [0.15, 0.2) is 0 Å². The van der Waals surface area contributed by atoms with Crippen LogP contribution in [0.15, 0.2) is 18.2 Å². The van der Waals surface area contributed by atoms with Crippen molar-refractivity contribution in [3.05, 3.63) is 29.3 Å². The first kappa shape index (κ1) is 10.8. The maximum Gasteiger partial charge on any atom is 0.127 e. The van der Waals surface area contributed by atoms with Crippen LogP contribution in [0, 0.1) is 5.92 Å². The molecule has 1 atom stereocenters. The molecule has 15 heavy (non-hydrogen) atoms. The maximum absolute atomic E-state index is 6.40. The van der Waals surface area contributed by atoms with E-state index in [2.05, 4.69) is 32.0 Å². The van der Waals surface area contributed by atoms with Crippen LogP contribution < -0.4 is 4.74 Å². The van der Waals surface area contributed by atoms with E-state index in [1.165, 1.54) is 5.56 Å². The third kappa shape index (κ3) is 2.12. The molecule has 0 N–H and O–H groups in total. The molecule has 0 spiro atoms. The summed E-state index contributed by atoms with van der Waals surface area (Å²) in [4.78, 5) is 0. The molecule has 1 aliphatic heterocycles. The molecule has 0 saturated carbocycles. The Labute approximate surface area is 96.4 Å². The Bertz CT molecular complexity index is 346. The summed E-state index contributed by atoms with van der Waals surface area (Å²) in [7, 11) is 0. The van der Waals surface area contributed by atoms with Crippen LogP contribution in [0.1, 0.15) is 36.8 Å². The molecule has 82 valence electrons. The van der Waals surface area contributed by atoms with Gasteiger partial charge in [0, 0.05) is 5.56 Å². The standard InChI is InChI=1S/C13H17ClO/c1-9(2)12(14)11-7-3-5-10-6-4-8-15-13(10)11/h3,5,7,9,12H,4,6,8H2,1-2H3. The van der Waals surface area contributed by atoms with E-state index in [1.807, 2.05) is 0 Å². The summed E-state index contributed by atoms with van der Waals surface area (Å²) in [5.74, 6) is 1.47. The number of hydrogen-bond donors (Lipinski definition) is 0. The fraction of sp³-hybridized carbons (Fsp3) is 0.538. The molecule has 2 rings (SSSR count). The number of benzene rings is 1. The number of rotatable bonds is 2. The molecule has 0 aliphatic carbocycles. The monoisotopic (exact) mass is 224 g/mol. The summed E-state index contributed by atoms with van der Waals surface area (Å²) >= 11 is 6.40. The normalized spacial score (nSPS) is 17.1. The molecule has 1 aromatic rings. The van der Waals surface area contributed by atoms with Gasteiger partial charge in [0.05, 0.1) is 12.0 Å². The first-order valence-corrected chi connectivity index (χ1v) is 6.02. The number of hydrogen-bond acceptors (Lipinski definition) is 1. The van der Waals surface area contributed by atoms with Gasteiger partial charge in [-0.3, -0.25) is 0 Å². The summed E-state index contributed by atoms with van der Waals surface area (Å²) < 4.78 is 5.74. The van der Waals surface area contributed by atoms with E-state index in [1.54, 1.807) is 0 Å². The van der Waals surface area contributed by atoms with Crippen LogP contribution in [-0.4, -0.2) is 6.61 Å². The van der Waals surface area contributed by atoms with Crippen molar-refractivity contribution >= 4 is 11.6 Å². The molecule has 0 radical (unpaired) electrons. The van der Waals surface area contributed by atoms with E-state index >= 15 is 0 Å². The van der Waals surface area contributed by atoms with Crippen LogP contribution in [0.2, 0.25) is 0 Å². The van der Waals surface area contributed by atoms with Crippen molar-refractivity contribution in [3.8, 4) is 5.75 Å². The van der Waals surface area contributed by atoms with E-state index in [9.17, 15) is 0 Å². The Kier molecular flexibility index (Phi) is 3.20. The molecule has 1 aromatic carbocycles. The van der Waals surface area contributed by atoms with E-state index in [-0.39, 0.29) is 5.38 Å². The van der Waals surface area contributed by atoms with Crippen LogP contribution >= 0.6 is 11.6 Å². The zero-order valence-corrected chi connectivity index (χ0v) is 10.1. The number of aryl methyl sites for hydroxylation is 1. The zero-order valence-electron chi connectivity index (χ0n) is 9.29. The van der Waals surface area contributed by atoms with Gasteiger partial charge in [0.25, 0.3) is 0 Å². The lowest BCUT2D eigenvalue weighted by molar-refractivity contribution is 0.283. The summed E-state index contributed by atoms with van der Waals surface area (Å²) in [6.45, 7) is 5.10. The minimum absolute atomic E-state index is 0.0538. The Morgan fingerprint density at radius 3 is 2.87 bits per heavy atom. The topological polar surface area (TPSA) is 9.23 Å². The van der Waals surface area contributed by atoms with Crippen molar-refractivity contribution in [3.63, 3.8) is 0 Å². The predicted molar refractivity (Wildman–Crippen MR) is 63.7 cm³/mol. The van der Waals surface area contributed by atoms with E-state index in [0.29, 0.717) is 5.92 Å². The van der Waals surface area contributed by atoms with Gasteiger partial charge in [-0.05, 0) is 24.3 Å². The second-order valence-electron chi connectivity index (χ2n) is 4.43. The fourth-order valence-corrected chi connectivity index (χ4v) is 2.16. The number of halogens is 1. The van der Waals surface area contributed by atoms with Crippen molar-refractivity contribution in [1.29, 1.82) is 0 Å². The first-order chi connectivity index (χ1) is 7.20. The van der Waals surface area contributed by atoms with Crippen molar-refractivity contribution in [2.75, 3.05) is 6.61 Å². The van der Waals surface area contributed by atoms with Crippen LogP contribution in [0.3, 0.4) is 0 Å². The number of alkyl halides is 1. The molecule has 1 aliphatic rings. The highest BCUT2D eigenvalue weighted by Gasteiger charge is 2.21. The van der Waals surface area contributed by atoms with Gasteiger partial charge in [0.2, 0.25) is 0 Å². The van der Waals surface area contributed by atoms with Crippen molar-refractivity contribution in [1.82, 2.24) is 0 Å². The molecular weight excluding hydrogens is 208 g/mol. The van der Waals surface area contributed by atoms with Gasteiger partial charge >= 0.3 is 0 Å². The molecule has 0 saturated heterocycles. The summed E-state index contributed by atoms with van der Waals surface area (Å²) in [5, 5.41) is 0.0538. The number of para-hydroxylation sites is 1. The van der Waals surface area contributed by atoms with Crippen molar-refractivity contribution < 1.29 is 4.74 Å². The smallest absolute Gasteiger partial charge is 0.127 e. The Balaban J connectivity index is 2.39. The summed E-state index contributed by atoms with van der Waals surface area (Å²) in [5.41, 5.74) is 2.47. The molecule has 0 aromatic heterocycles. The largest absolute Gasteiger partial charge is 0.493 e. The second-order valence-corrected chi connectivity index (χ2v) is 4.90. The van der Waals surface area contributed by atoms with Gasteiger partial charge in [-0.15, -0.1) is 11.6 Å². The second kappa shape index (κ2) is 4.44. The zero-order chi connectivity index (χ0) is 10.8. The highest BCUT2D eigenvalue weighted by molar-refractivity contribution is 6.21. The maximum atomic E-state index is 6.40. The lowest BCUT2D eigenvalue weighted by atomic mass is 9.96. The van der Waals surface area contributed by atoms with Crippen LogP contribution in [-0.2, 0) is 6.42 Å². The lowest BCUT2D eigenvalue weighted by Crippen LogP contribution is -2.12. The average Bonchev–Trinajstić information content (AvgIpc) is 2.27. The van der Waals surface area contributed by atoms with Crippen LogP contribution in [0.4, 0.5) is 0 Å². The van der Waals surface area contributed by atoms with Crippen LogP contribution in [0.5, 0.6) is 5.75 Å². The van der Waals surface area contributed by atoms with Crippen LogP contribution in [0.25, 0.3) is 0 Å². The van der Waals surface area contributed by atoms with Gasteiger partial charge < -0.3 is 4.74 Å². The number of ether oxygens (including phenoxy) is 1. The van der Waals surface area contributed by atoms with Gasteiger partial charge in [-0.25, -0.2) is 0 Å². The Hall–Kier alpha value is -0.690. The number of fused-ring (bicyclic) bond motifs is 1. The summed E-state index contributed by atoms with van der Waals surface area (Å²) in [6, 6.07) is 6.31.